The van der Waals surface area contributed by atoms with Gasteiger partial charge in [0.25, 0.3) is 0 Å². The van der Waals surface area contributed by atoms with Gasteiger partial charge in [0.15, 0.2) is 0 Å². The van der Waals surface area contributed by atoms with Crippen molar-refractivity contribution in [2.24, 2.45) is 5.73 Å². The number of nitrogens with zero attached hydrogens (tertiary/aromatic N) is 1. The van der Waals surface area contributed by atoms with Crippen molar-refractivity contribution in [1.82, 2.24) is 4.98 Å². The van der Waals surface area contributed by atoms with Gasteiger partial charge >= 0.3 is 5.97 Å². The van der Waals surface area contributed by atoms with Crippen LogP contribution in [0.25, 0.3) is 10.6 Å². The number of aromatic nitrogens is 1. The lowest BCUT2D eigenvalue weighted by Crippen LogP contribution is -2.20. The molecule has 2 rings (SSSR count). The van der Waals surface area contributed by atoms with Gasteiger partial charge in [-0.3, -0.25) is 4.79 Å². The van der Waals surface area contributed by atoms with Crippen molar-refractivity contribution in [2.45, 2.75) is 13.0 Å². The third-order valence-corrected chi connectivity index (χ3v) is 3.59. The van der Waals surface area contributed by atoms with Gasteiger partial charge in [-0.1, -0.05) is 6.07 Å². The number of aliphatic carboxylic acids is 1. The summed E-state index contributed by atoms with van der Waals surface area (Å²) in [6.45, 7) is 1.97. The molecule has 0 aliphatic rings. The highest BCUT2D eigenvalue weighted by Gasteiger charge is 2.19. The summed E-state index contributed by atoms with van der Waals surface area (Å²) in [7, 11) is 1.59. The molecule has 5 nitrogen and oxygen atoms in total. The molecule has 0 bridgehead atoms. The van der Waals surface area contributed by atoms with Gasteiger partial charge in [-0.05, 0) is 24.6 Å². The molecule has 1 aromatic heterocycles. The number of methoxy groups -OCH3 is 1. The topological polar surface area (TPSA) is 85.4 Å². The second-order valence-corrected chi connectivity index (χ2v) is 4.96. The van der Waals surface area contributed by atoms with Gasteiger partial charge in [0.1, 0.15) is 16.8 Å². The summed E-state index contributed by atoms with van der Waals surface area (Å²) < 4.78 is 5.32. The molecule has 0 fully saturated rings. The highest BCUT2D eigenvalue weighted by atomic mass is 32.1. The lowest BCUT2D eigenvalue weighted by atomic mass is 10.1. The van der Waals surface area contributed by atoms with Crippen LogP contribution in [0.4, 0.5) is 0 Å². The van der Waals surface area contributed by atoms with Gasteiger partial charge < -0.3 is 15.6 Å². The molecule has 0 spiro atoms. The summed E-state index contributed by atoms with van der Waals surface area (Å²) >= 11 is 1.35. The molecule has 0 aliphatic heterocycles. The second-order valence-electron chi connectivity index (χ2n) is 4.10. The largest absolute Gasteiger partial charge is 0.496 e. The maximum atomic E-state index is 10.8. The number of hydrogen-bond acceptors (Lipinski definition) is 5. The minimum Gasteiger partial charge on any atom is -0.496 e. The van der Waals surface area contributed by atoms with Gasteiger partial charge in [0.2, 0.25) is 0 Å². The van der Waals surface area contributed by atoms with E-state index in [-0.39, 0.29) is 0 Å². The summed E-state index contributed by atoms with van der Waals surface area (Å²) in [5.74, 6) is -0.377. The van der Waals surface area contributed by atoms with Crippen molar-refractivity contribution < 1.29 is 14.6 Å². The molecule has 0 saturated carbocycles. The van der Waals surface area contributed by atoms with Crippen LogP contribution in [0.5, 0.6) is 5.75 Å². The molecule has 1 atom stereocenters. The first-order valence-electron chi connectivity index (χ1n) is 5.61. The van der Waals surface area contributed by atoms with Crippen LogP contribution in [0, 0.1) is 6.92 Å². The maximum absolute atomic E-state index is 10.8. The summed E-state index contributed by atoms with van der Waals surface area (Å²) in [4.78, 5) is 15.1. The number of benzene rings is 1. The zero-order chi connectivity index (χ0) is 14.0. The Morgan fingerprint density at radius 2 is 2.26 bits per heavy atom. The Kier molecular flexibility index (Phi) is 3.82. The van der Waals surface area contributed by atoms with E-state index in [1.165, 1.54) is 11.3 Å². The number of hydrogen-bond donors (Lipinski definition) is 2. The Hall–Kier alpha value is -1.92. The van der Waals surface area contributed by atoms with E-state index >= 15 is 0 Å². The molecule has 2 aromatic rings. The molecule has 0 aliphatic carbocycles. The van der Waals surface area contributed by atoms with E-state index in [0.717, 1.165) is 11.1 Å². The summed E-state index contributed by atoms with van der Waals surface area (Å²) in [5, 5.41) is 11.2. The molecule has 0 radical (unpaired) electrons. The van der Waals surface area contributed by atoms with E-state index in [4.69, 9.17) is 15.6 Å². The molecular formula is C13H14N2O3S. The van der Waals surface area contributed by atoms with Gasteiger partial charge in [0, 0.05) is 5.38 Å². The third-order valence-electron chi connectivity index (χ3n) is 2.69. The first-order valence-corrected chi connectivity index (χ1v) is 6.49. The molecule has 0 amide bonds. The number of carboxylic acids is 1. The molecule has 1 aromatic carbocycles. The molecule has 100 valence electrons. The van der Waals surface area contributed by atoms with Crippen LogP contribution in [0.1, 0.15) is 17.3 Å². The van der Waals surface area contributed by atoms with Crippen molar-refractivity contribution >= 4 is 17.3 Å². The Bertz CT molecular complexity index is 610. The van der Waals surface area contributed by atoms with Crippen molar-refractivity contribution in [3.8, 4) is 16.3 Å². The standard InChI is InChI=1S/C13H14N2O3S/c1-7-3-4-8(10(5-7)18-2)12-15-9(6-19-12)11(14)13(16)17/h3-6,11H,14H2,1-2H3,(H,16,17). The number of thiazole rings is 1. The lowest BCUT2D eigenvalue weighted by molar-refractivity contribution is -0.138. The lowest BCUT2D eigenvalue weighted by Gasteiger charge is -2.07. The zero-order valence-electron chi connectivity index (χ0n) is 10.6. The zero-order valence-corrected chi connectivity index (χ0v) is 11.4. The third kappa shape index (κ3) is 2.74. The maximum Gasteiger partial charge on any atom is 0.326 e. The second kappa shape index (κ2) is 5.38. The van der Waals surface area contributed by atoms with Crippen LogP contribution in [0.3, 0.4) is 0 Å². The number of ether oxygens (including phenoxy) is 1. The summed E-state index contributed by atoms with van der Waals surface area (Å²) in [5.41, 5.74) is 7.81. The van der Waals surface area contributed by atoms with E-state index in [0.29, 0.717) is 16.5 Å². The van der Waals surface area contributed by atoms with E-state index in [2.05, 4.69) is 4.98 Å². The van der Waals surface area contributed by atoms with Crippen molar-refractivity contribution in [2.75, 3.05) is 7.11 Å². The predicted molar refractivity (Wildman–Crippen MR) is 73.4 cm³/mol. The van der Waals surface area contributed by atoms with Gasteiger partial charge in [-0.25, -0.2) is 4.98 Å². The first-order chi connectivity index (χ1) is 9.02. The normalized spacial score (nSPS) is 12.2. The van der Waals surface area contributed by atoms with Gasteiger partial charge in [-0.2, -0.15) is 0 Å². The summed E-state index contributed by atoms with van der Waals surface area (Å²) in [6.07, 6.45) is 0. The number of carbonyl (C=O) groups is 1. The smallest absolute Gasteiger partial charge is 0.326 e. The molecule has 19 heavy (non-hydrogen) atoms. The van der Waals surface area contributed by atoms with Crippen molar-refractivity contribution in [1.29, 1.82) is 0 Å². The monoisotopic (exact) mass is 278 g/mol. The Balaban J connectivity index is 2.40. The average Bonchev–Trinajstić information content (AvgIpc) is 2.86. The Morgan fingerprint density at radius 1 is 1.53 bits per heavy atom. The SMILES string of the molecule is COc1cc(C)ccc1-c1nc(C(N)C(=O)O)cs1. The number of aryl methyl sites for hydroxylation is 1. The predicted octanol–water partition coefficient (Wildman–Crippen LogP) is 2.21. The fraction of sp³-hybridized carbons (Fsp3) is 0.231. The van der Waals surface area contributed by atoms with E-state index in [1.807, 2.05) is 25.1 Å². The molecule has 1 unspecified atom stereocenters. The number of rotatable bonds is 4. The van der Waals surface area contributed by atoms with Crippen molar-refractivity contribution in [3.05, 3.63) is 34.8 Å². The van der Waals surface area contributed by atoms with Crippen LogP contribution in [-0.2, 0) is 4.79 Å². The molecule has 6 heteroatoms. The number of nitrogens with two attached hydrogens (primary N) is 1. The van der Waals surface area contributed by atoms with E-state index < -0.39 is 12.0 Å². The van der Waals surface area contributed by atoms with Crippen LogP contribution < -0.4 is 10.5 Å². The summed E-state index contributed by atoms with van der Waals surface area (Å²) in [6, 6.07) is 4.67. The van der Waals surface area contributed by atoms with Gasteiger partial charge in [0.05, 0.1) is 18.4 Å². The minimum atomic E-state index is -1.10. The van der Waals surface area contributed by atoms with Crippen LogP contribution >= 0.6 is 11.3 Å². The molecule has 3 N–H and O–H groups in total. The van der Waals surface area contributed by atoms with E-state index in [9.17, 15) is 4.79 Å². The van der Waals surface area contributed by atoms with Gasteiger partial charge in [-0.15, -0.1) is 11.3 Å². The molecular weight excluding hydrogens is 264 g/mol. The number of carboxylic acid groups (broad SMARTS) is 1. The van der Waals surface area contributed by atoms with Crippen molar-refractivity contribution in [3.63, 3.8) is 0 Å². The Morgan fingerprint density at radius 3 is 2.89 bits per heavy atom. The Labute approximate surface area is 114 Å². The van der Waals surface area contributed by atoms with E-state index in [1.54, 1.807) is 12.5 Å². The van der Waals surface area contributed by atoms with Crippen LogP contribution in [-0.4, -0.2) is 23.2 Å². The fourth-order valence-electron chi connectivity index (χ4n) is 1.65. The van der Waals surface area contributed by atoms with Crippen LogP contribution in [0.15, 0.2) is 23.6 Å². The minimum absolute atomic E-state index is 0.357. The first kappa shape index (κ1) is 13.5. The molecule has 1 heterocycles. The highest BCUT2D eigenvalue weighted by molar-refractivity contribution is 7.13. The fourth-order valence-corrected chi connectivity index (χ4v) is 2.54. The molecule has 0 saturated heterocycles. The quantitative estimate of drug-likeness (QED) is 0.895. The average molecular weight is 278 g/mol. The van der Waals surface area contributed by atoms with Crippen LogP contribution in [0.2, 0.25) is 0 Å². The highest BCUT2D eigenvalue weighted by Crippen LogP contribution is 2.33.